The summed E-state index contributed by atoms with van der Waals surface area (Å²) < 4.78 is 0. The molecule has 1 aromatic carbocycles. The first kappa shape index (κ1) is 8.76. The maximum Gasteiger partial charge on any atom is -0.000556 e. The molecule has 1 fully saturated rings. The molecule has 1 nitrogen and oxygen atoms in total. The first-order valence-electron chi connectivity index (χ1n) is 5.08. The van der Waals surface area contributed by atoms with Gasteiger partial charge in [0.2, 0.25) is 0 Å². The average molecular weight is 175 g/mol. The normalized spacial score (nSPS) is 18.6. The second-order valence-corrected chi connectivity index (χ2v) is 4.09. The summed E-state index contributed by atoms with van der Waals surface area (Å²) >= 11 is 0. The van der Waals surface area contributed by atoms with Crippen LogP contribution in [0.4, 0.5) is 0 Å². The van der Waals surface area contributed by atoms with E-state index in [9.17, 15) is 0 Å². The number of benzene rings is 1. The predicted octanol–water partition coefficient (Wildman–Crippen LogP) is 2.45. The van der Waals surface area contributed by atoms with E-state index >= 15 is 0 Å². The van der Waals surface area contributed by atoms with E-state index in [1.807, 2.05) is 0 Å². The minimum absolute atomic E-state index is 0.612. The van der Waals surface area contributed by atoms with Gasteiger partial charge in [-0.05, 0) is 43.7 Å². The Morgan fingerprint density at radius 1 is 1.31 bits per heavy atom. The second-order valence-electron chi connectivity index (χ2n) is 4.09. The summed E-state index contributed by atoms with van der Waals surface area (Å²) in [5.41, 5.74) is 8.54. The highest BCUT2D eigenvalue weighted by Crippen LogP contribution is 2.41. The molecular formula is C12H17N. The first-order valence-corrected chi connectivity index (χ1v) is 5.08. The van der Waals surface area contributed by atoms with E-state index in [1.165, 1.54) is 24.0 Å². The highest BCUT2D eigenvalue weighted by atomic mass is 14.6. The van der Waals surface area contributed by atoms with Crippen molar-refractivity contribution in [3.8, 4) is 0 Å². The number of hydrogen-bond acceptors (Lipinski definition) is 1. The highest BCUT2D eigenvalue weighted by Gasteiger charge is 2.30. The lowest BCUT2D eigenvalue weighted by Gasteiger charge is -2.13. The van der Waals surface area contributed by atoms with Crippen molar-refractivity contribution in [3.05, 3.63) is 35.4 Å². The van der Waals surface area contributed by atoms with Crippen LogP contribution >= 0.6 is 0 Å². The van der Waals surface area contributed by atoms with Gasteiger partial charge in [0, 0.05) is 0 Å². The van der Waals surface area contributed by atoms with E-state index in [-0.39, 0.29) is 0 Å². The first-order chi connectivity index (χ1) is 6.31. The van der Waals surface area contributed by atoms with E-state index in [1.54, 1.807) is 0 Å². The van der Waals surface area contributed by atoms with E-state index in [0.717, 1.165) is 12.5 Å². The smallest absolute Gasteiger partial charge is 0.000556 e. The molecule has 70 valence electrons. The maximum absolute atomic E-state index is 5.78. The fourth-order valence-corrected chi connectivity index (χ4v) is 1.91. The van der Waals surface area contributed by atoms with Gasteiger partial charge in [-0.15, -0.1) is 0 Å². The van der Waals surface area contributed by atoms with Crippen molar-refractivity contribution >= 4 is 0 Å². The fraction of sp³-hybridized carbons (Fsp3) is 0.500. The predicted molar refractivity (Wildman–Crippen MR) is 55.7 cm³/mol. The van der Waals surface area contributed by atoms with Gasteiger partial charge in [0.15, 0.2) is 0 Å². The summed E-state index contributed by atoms with van der Waals surface area (Å²) in [5, 5.41) is 0. The number of nitrogens with two attached hydrogens (primary N) is 1. The van der Waals surface area contributed by atoms with Crippen LogP contribution in [0.25, 0.3) is 0 Å². The van der Waals surface area contributed by atoms with Crippen LogP contribution in [0.1, 0.15) is 29.9 Å². The lowest BCUT2D eigenvalue weighted by Crippen LogP contribution is -2.14. The van der Waals surface area contributed by atoms with Crippen molar-refractivity contribution in [1.29, 1.82) is 0 Å². The molecule has 1 aromatic rings. The Balaban J connectivity index is 2.17. The van der Waals surface area contributed by atoms with Crippen molar-refractivity contribution in [2.24, 2.45) is 11.7 Å². The van der Waals surface area contributed by atoms with Crippen LogP contribution in [-0.4, -0.2) is 6.54 Å². The summed E-state index contributed by atoms with van der Waals surface area (Å²) in [6.45, 7) is 2.92. The molecule has 0 spiro atoms. The lowest BCUT2D eigenvalue weighted by atomic mass is 9.94. The third-order valence-electron chi connectivity index (χ3n) is 2.95. The molecule has 0 radical (unpaired) electrons. The maximum atomic E-state index is 5.78. The Morgan fingerprint density at radius 3 is 2.38 bits per heavy atom. The Bertz CT molecular complexity index is 272. The summed E-state index contributed by atoms with van der Waals surface area (Å²) in [7, 11) is 0. The average Bonchev–Trinajstić information content (AvgIpc) is 2.93. The lowest BCUT2D eigenvalue weighted by molar-refractivity contribution is 0.616. The minimum Gasteiger partial charge on any atom is -0.330 e. The summed E-state index contributed by atoms with van der Waals surface area (Å²) in [5.74, 6) is 1.48. The molecule has 0 saturated heterocycles. The van der Waals surface area contributed by atoms with E-state index in [0.29, 0.717) is 5.92 Å². The molecule has 0 amide bonds. The molecule has 0 bridgehead atoms. The zero-order valence-corrected chi connectivity index (χ0v) is 8.16. The van der Waals surface area contributed by atoms with Crippen LogP contribution in [0.3, 0.4) is 0 Å². The molecule has 2 rings (SSSR count). The van der Waals surface area contributed by atoms with E-state index in [4.69, 9.17) is 5.73 Å². The largest absolute Gasteiger partial charge is 0.330 e. The standard InChI is InChI=1S/C12H17N/c1-9-2-4-10(5-3-9)12(8-13)11-6-7-11/h2-5,11-12H,6-8,13H2,1H3. The SMILES string of the molecule is Cc1ccc(C(CN)C2CC2)cc1. The van der Waals surface area contributed by atoms with E-state index in [2.05, 4.69) is 31.2 Å². The molecule has 1 heteroatoms. The van der Waals surface area contributed by atoms with Gasteiger partial charge in [-0.1, -0.05) is 29.8 Å². The summed E-state index contributed by atoms with van der Waals surface area (Å²) in [4.78, 5) is 0. The van der Waals surface area contributed by atoms with Crippen molar-refractivity contribution in [1.82, 2.24) is 0 Å². The van der Waals surface area contributed by atoms with Gasteiger partial charge in [0.05, 0.1) is 0 Å². The number of hydrogen-bond donors (Lipinski definition) is 1. The highest BCUT2D eigenvalue weighted by molar-refractivity contribution is 5.26. The second kappa shape index (κ2) is 3.51. The molecule has 1 unspecified atom stereocenters. The molecule has 13 heavy (non-hydrogen) atoms. The fourth-order valence-electron chi connectivity index (χ4n) is 1.91. The Kier molecular flexibility index (Phi) is 2.36. The Morgan fingerprint density at radius 2 is 1.92 bits per heavy atom. The quantitative estimate of drug-likeness (QED) is 0.750. The van der Waals surface area contributed by atoms with Gasteiger partial charge in [-0.25, -0.2) is 0 Å². The topological polar surface area (TPSA) is 26.0 Å². The van der Waals surface area contributed by atoms with Crippen LogP contribution in [0.5, 0.6) is 0 Å². The third kappa shape index (κ3) is 1.92. The molecule has 1 aliphatic rings. The van der Waals surface area contributed by atoms with Crippen LogP contribution in [-0.2, 0) is 0 Å². The molecule has 0 aliphatic heterocycles. The summed E-state index contributed by atoms with van der Waals surface area (Å²) in [6, 6.07) is 8.82. The summed E-state index contributed by atoms with van der Waals surface area (Å²) in [6.07, 6.45) is 2.74. The van der Waals surface area contributed by atoms with Gasteiger partial charge in [-0.3, -0.25) is 0 Å². The van der Waals surface area contributed by atoms with Crippen molar-refractivity contribution in [3.63, 3.8) is 0 Å². The number of rotatable bonds is 3. The molecule has 1 aliphatic carbocycles. The van der Waals surface area contributed by atoms with Gasteiger partial charge in [0.1, 0.15) is 0 Å². The van der Waals surface area contributed by atoms with Gasteiger partial charge >= 0.3 is 0 Å². The van der Waals surface area contributed by atoms with E-state index < -0.39 is 0 Å². The molecule has 2 N–H and O–H groups in total. The van der Waals surface area contributed by atoms with Crippen LogP contribution in [0, 0.1) is 12.8 Å². The van der Waals surface area contributed by atoms with Crippen molar-refractivity contribution in [2.75, 3.05) is 6.54 Å². The van der Waals surface area contributed by atoms with Gasteiger partial charge in [-0.2, -0.15) is 0 Å². The van der Waals surface area contributed by atoms with Crippen LogP contribution in [0.15, 0.2) is 24.3 Å². The Labute approximate surface area is 80.0 Å². The van der Waals surface area contributed by atoms with Gasteiger partial charge in [0.25, 0.3) is 0 Å². The Hall–Kier alpha value is -0.820. The molecule has 0 heterocycles. The number of aryl methyl sites for hydroxylation is 1. The monoisotopic (exact) mass is 175 g/mol. The zero-order chi connectivity index (χ0) is 9.26. The molecule has 1 atom stereocenters. The van der Waals surface area contributed by atoms with Crippen molar-refractivity contribution in [2.45, 2.75) is 25.7 Å². The molecule has 0 aromatic heterocycles. The minimum atomic E-state index is 0.612. The zero-order valence-electron chi connectivity index (χ0n) is 8.16. The molecular weight excluding hydrogens is 158 g/mol. The molecule has 1 saturated carbocycles. The van der Waals surface area contributed by atoms with Gasteiger partial charge < -0.3 is 5.73 Å². The van der Waals surface area contributed by atoms with Crippen LogP contribution < -0.4 is 5.73 Å². The third-order valence-corrected chi connectivity index (χ3v) is 2.95. The van der Waals surface area contributed by atoms with Crippen molar-refractivity contribution < 1.29 is 0 Å². The van der Waals surface area contributed by atoms with Crippen LogP contribution in [0.2, 0.25) is 0 Å².